The number of nitrogens with zero attached hydrogens (tertiary/aromatic N) is 3. The van der Waals surface area contributed by atoms with E-state index in [1.54, 1.807) is 12.4 Å². The van der Waals surface area contributed by atoms with Crippen LogP contribution in [0.3, 0.4) is 0 Å². The van der Waals surface area contributed by atoms with Crippen LogP contribution in [0, 0.1) is 13.8 Å². The van der Waals surface area contributed by atoms with Gasteiger partial charge in [0.15, 0.2) is 11.0 Å². The quantitative estimate of drug-likeness (QED) is 0.392. The van der Waals surface area contributed by atoms with Crippen LogP contribution >= 0.6 is 11.6 Å². The minimum absolute atomic E-state index is 0.149. The lowest BCUT2D eigenvalue weighted by molar-refractivity contribution is -0.124. The molecule has 0 bridgehead atoms. The third kappa shape index (κ3) is 4.28. The Morgan fingerprint density at radius 1 is 1.21 bits per heavy atom. The van der Waals surface area contributed by atoms with Crippen LogP contribution in [-0.4, -0.2) is 25.4 Å². The highest BCUT2D eigenvalue weighted by molar-refractivity contribution is 6.30. The molecule has 1 aromatic carbocycles. The van der Waals surface area contributed by atoms with Gasteiger partial charge in [-0.2, -0.15) is 0 Å². The molecule has 1 aliphatic heterocycles. The maximum atomic E-state index is 13.3. The average Bonchev–Trinajstić information content (AvgIpc) is 3.43. The van der Waals surface area contributed by atoms with E-state index in [4.69, 9.17) is 11.6 Å². The lowest BCUT2D eigenvalue weighted by Gasteiger charge is -2.16. The van der Waals surface area contributed by atoms with Gasteiger partial charge in [-0.1, -0.05) is 40.9 Å². The first-order valence-electron chi connectivity index (χ1n) is 11.2. The summed E-state index contributed by atoms with van der Waals surface area (Å²) in [5.74, 6) is -0.0733. The number of hydrogen-bond donors (Lipinski definition) is 3. The van der Waals surface area contributed by atoms with Gasteiger partial charge in [-0.25, -0.2) is 4.98 Å². The van der Waals surface area contributed by atoms with E-state index < -0.39 is 6.04 Å². The molecular formula is C25H25ClN6O2. The smallest absolute Gasteiger partial charge is 0.294 e. The van der Waals surface area contributed by atoms with Crippen molar-refractivity contribution in [2.24, 2.45) is 0 Å². The number of nitrogens with one attached hydrogen (secondary N) is 3. The van der Waals surface area contributed by atoms with Crippen molar-refractivity contribution in [3.63, 3.8) is 0 Å². The molecule has 3 aromatic heterocycles. The van der Waals surface area contributed by atoms with Crippen molar-refractivity contribution in [3.8, 4) is 0 Å². The number of amides is 1. The number of carbonyl (C=O) groups is 1. The van der Waals surface area contributed by atoms with Crippen LogP contribution in [-0.2, 0) is 24.3 Å². The number of rotatable bonds is 6. The Morgan fingerprint density at radius 3 is 2.76 bits per heavy atom. The van der Waals surface area contributed by atoms with Gasteiger partial charge in [0.1, 0.15) is 6.04 Å². The largest absolute Gasteiger partial charge is 0.361 e. The molecule has 4 aromatic rings. The molecule has 8 nitrogen and oxygen atoms in total. The topological polar surface area (TPSA) is 105 Å². The molecule has 1 atom stereocenters. The highest BCUT2D eigenvalue weighted by Gasteiger charge is 2.32. The number of halogens is 1. The standard InChI is InChI=1S/C25H25ClN6O2/c1-14-7-15(2)9-16(8-14)11-28-23-25(34)32-20(22(26)31-23)3-4-21(32)24(33)29-13-18-10-17-12-27-6-5-19(17)30-18/h5-10,12,21,30H,3-4,11,13H2,1-2H3,(H,28,31)(H,29,33)/t21-/m0/s1. The molecule has 0 aliphatic carbocycles. The zero-order valence-electron chi connectivity index (χ0n) is 19.0. The summed E-state index contributed by atoms with van der Waals surface area (Å²) in [5, 5.41) is 7.29. The number of benzene rings is 1. The number of anilines is 1. The fourth-order valence-corrected chi connectivity index (χ4v) is 4.92. The molecule has 9 heteroatoms. The Bertz CT molecular complexity index is 1400. The number of pyridine rings is 1. The lowest BCUT2D eigenvalue weighted by atomic mass is 10.1. The second-order valence-electron chi connectivity index (χ2n) is 8.75. The van der Waals surface area contributed by atoms with E-state index in [1.165, 1.54) is 4.57 Å². The Morgan fingerprint density at radius 2 is 2.00 bits per heavy atom. The molecule has 1 aliphatic rings. The van der Waals surface area contributed by atoms with Crippen LogP contribution in [0.5, 0.6) is 0 Å². The van der Waals surface area contributed by atoms with E-state index in [0.29, 0.717) is 31.6 Å². The molecule has 0 spiro atoms. The molecule has 3 N–H and O–H groups in total. The van der Waals surface area contributed by atoms with Gasteiger partial charge in [-0.05, 0) is 44.4 Å². The average molecular weight is 477 g/mol. The Hall–Kier alpha value is -3.65. The summed E-state index contributed by atoms with van der Waals surface area (Å²) in [6, 6.07) is 9.42. The molecule has 5 rings (SSSR count). The minimum atomic E-state index is -0.629. The van der Waals surface area contributed by atoms with E-state index >= 15 is 0 Å². The number of aryl methyl sites for hydroxylation is 2. The number of aromatic amines is 1. The lowest BCUT2D eigenvalue weighted by Crippen LogP contribution is -2.36. The van der Waals surface area contributed by atoms with E-state index in [2.05, 4.69) is 43.8 Å². The van der Waals surface area contributed by atoms with Gasteiger partial charge in [0.25, 0.3) is 5.56 Å². The fraction of sp³-hybridized carbons (Fsp3) is 0.280. The maximum absolute atomic E-state index is 13.3. The summed E-state index contributed by atoms with van der Waals surface area (Å²) in [7, 11) is 0. The van der Waals surface area contributed by atoms with Crippen LogP contribution in [0.25, 0.3) is 10.9 Å². The summed E-state index contributed by atoms with van der Waals surface area (Å²) < 4.78 is 1.49. The Balaban J connectivity index is 1.34. The number of hydrogen-bond acceptors (Lipinski definition) is 5. The van der Waals surface area contributed by atoms with Crippen molar-refractivity contribution in [2.75, 3.05) is 5.32 Å². The zero-order valence-corrected chi connectivity index (χ0v) is 19.7. The summed E-state index contributed by atoms with van der Waals surface area (Å²) in [6.07, 6.45) is 4.51. The Kier molecular flexibility index (Phi) is 5.83. The predicted octanol–water partition coefficient (Wildman–Crippen LogP) is 3.81. The van der Waals surface area contributed by atoms with Gasteiger partial charge in [0.2, 0.25) is 5.91 Å². The van der Waals surface area contributed by atoms with Gasteiger partial charge < -0.3 is 15.6 Å². The summed E-state index contributed by atoms with van der Waals surface area (Å²) >= 11 is 6.41. The minimum Gasteiger partial charge on any atom is -0.361 e. The van der Waals surface area contributed by atoms with Crippen LogP contribution in [0.2, 0.25) is 5.15 Å². The van der Waals surface area contributed by atoms with Crippen LogP contribution in [0.1, 0.15) is 40.5 Å². The highest BCUT2D eigenvalue weighted by Crippen LogP contribution is 2.29. The van der Waals surface area contributed by atoms with E-state index in [1.807, 2.05) is 26.0 Å². The van der Waals surface area contributed by atoms with Crippen molar-refractivity contribution >= 4 is 34.2 Å². The molecule has 174 valence electrons. The van der Waals surface area contributed by atoms with Crippen molar-refractivity contribution in [2.45, 2.75) is 45.8 Å². The van der Waals surface area contributed by atoms with E-state index in [9.17, 15) is 9.59 Å². The predicted molar refractivity (Wildman–Crippen MR) is 132 cm³/mol. The first kappa shape index (κ1) is 22.2. The molecular weight excluding hydrogens is 452 g/mol. The monoisotopic (exact) mass is 476 g/mol. The first-order chi connectivity index (χ1) is 16.4. The van der Waals surface area contributed by atoms with Crippen molar-refractivity contribution in [1.29, 1.82) is 0 Å². The maximum Gasteiger partial charge on any atom is 0.294 e. The third-order valence-corrected chi connectivity index (χ3v) is 6.40. The number of fused-ring (bicyclic) bond motifs is 2. The van der Waals surface area contributed by atoms with Gasteiger partial charge in [-0.15, -0.1) is 0 Å². The van der Waals surface area contributed by atoms with E-state index in [-0.39, 0.29) is 22.4 Å². The molecule has 34 heavy (non-hydrogen) atoms. The third-order valence-electron chi connectivity index (χ3n) is 6.10. The summed E-state index contributed by atoms with van der Waals surface area (Å²) in [5.41, 5.74) is 5.43. The second-order valence-corrected chi connectivity index (χ2v) is 9.11. The molecule has 0 unspecified atom stereocenters. The van der Waals surface area contributed by atoms with Gasteiger partial charge in [-0.3, -0.25) is 19.1 Å². The first-order valence-corrected chi connectivity index (χ1v) is 11.6. The Labute approximate surface area is 201 Å². The summed E-state index contributed by atoms with van der Waals surface area (Å²) in [4.78, 5) is 38.0. The number of H-pyrrole nitrogens is 1. The fourth-order valence-electron chi connectivity index (χ4n) is 4.65. The zero-order chi connectivity index (χ0) is 23.8. The SMILES string of the molecule is Cc1cc(C)cc(CNc2nc(Cl)c3n(c2=O)[C@H](C(=O)NCc2cc4cnccc4[nH]2)CC3)c1. The van der Waals surface area contributed by atoms with Crippen LogP contribution in [0.15, 0.2) is 47.5 Å². The second kappa shape index (κ2) is 8.95. The molecule has 0 saturated heterocycles. The molecule has 0 saturated carbocycles. The summed E-state index contributed by atoms with van der Waals surface area (Å²) in [6.45, 7) is 4.83. The van der Waals surface area contributed by atoms with E-state index in [0.717, 1.165) is 33.3 Å². The highest BCUT2D eigenvalue weighted by atomic mass is 35.5. The molecule has 4 heterocycles. The van der Waals surface area contributed by atoms with Crippen molar-refractivity contribution in [3.05, 3.63) is 86.3 Å². The van der Waals surface area contributed by atoms with Gasteiger partial charge >= 0.3 is 0 Å². The molecule has 0 radical (unpaired) electrons. The van der Waals surface area contributed by atoms with Crippen molar-refractivity contribution < 1.29 is 4.79 Å². The molecule has 0 fully saturated rings. The van der Waals surface area contributed by atoms with Crippen molar-refractivity contribution in [1.82, 2.24) is 24.8 Å². The van der Waals surface area contributed by atoms with Gasteiger partial charge in [0, 0.05) is 35.5 Å². The molecule has 1 amide bonds. The number of aromatic nitrogens is 4. The van der Waals surface area contributed by atoms with Crippen LogP contribution < -0.4 is 16.2 Å². The van der Waals surface area contributed by atoms with Gasteiger partial charge in [0.05, 0.1) is 12.2 Å². The number of carbonyl (C=O) groups excluding carboxylic acids is 1. The normalized spacial score (nSPS) is 14.9. The van der Waals surface area contributed by atoms with Crippen LogP contribution in [0.4, 0.5) is 5.82 Å².